The van der Waals surface area contributed by atoms with Crippen LogP contribution in [0.2, 0.25) is 0 Å². The van der Waals surface area contributed by atoms with Gasteiger partial charge in [-0.1, -0.05) is 18.2 Å². The van der Waals surface area contributed by atoms with Gasteiger partial charge in [0.15, 0.2) is 6.61 Å². The molecule has 9 nitrogen and oxygen atoms in total. The van der Waals surface area contributed by atoms with Gasteiger partial charge in [0.1, 0.15) is 17.1 Å². The van der Waals surface area contributed by atoms with Gasteiger partial charge in [-0.3, -0.25) is 4.79 Å². The number of rotatable bonds is 9. The lowest BCUT2D eigenvalue weighted by atomic mass is 10.2. The van der Waals surface area contributed by atoms with E-state index in [2.05, 4.69) is 20.7 Å². The smallest absolute Gasteiger partial charge is 0.342 e. The Labute approximate surface area is 209 Å². The largest absolute Gasteiger partial charge is 0.494 e. The van der Waals surface area contributed by atoms with Crippen LogP contribution in [0.5, 0.6) is 5.75 Å². The molecule has 0 fully saturated rings. The second-order valence-electron chi connectivity index (χ2n) is 7.90. The molecule has 2 N–H and O–H groups in total. The van der Waals surface area contributed by atoms with Gasteiger partial charge in [-0.2, -0.15) is 5.10 Å². The molecule has 9 heteroatoms. The van der Waals surface area contributed by atoms with Gasteiger partial charge in [-0.05, 0) is 69.3 Å². The fourth-order valence-corrected chi connectivity index (χ4v) is 3.64. The number of para-hydroxylation sites is 1. The topological polar surface area (TPSA) is 107 Å². The van der Waals surface area contributed by atoms with E-state index >= 15 is 0 Å². The van der Waals surface area contributed by atoms with Crippen LogP contribution >= 0.6 is 0 Å². The average Bonchev–Trinajstić information content (AvgIpc) is 3.18. The Bertz CT molecular complexity index is 1350. The molecule has 1 amide bonds. The van der Waals surface area contributed by atoms with Gasteiger partial charge >= 0.3 is 5.97 Å². The zero-order valence-corrected chi connectivity index (χ0v) is 20.3. The van der Waals surface area contributed by atoms with Crippen molar-refractivity contribution in [1.29, 1.82) is 0 Å². The molecule has 0 spiro atoms. The number of benzene rings is 2. The number of esters is 1. The molecule has 0 aliphatic heterocycles. The van der Waals surface area contributed by atoms with E-state index in [9.17, 15) is 9.59 Å². The molecule has 0 aliphatic carbocycles. The Morgan fingerprint density at radius 1 is 0.972 bits per heavy atom. The van der Waals surface area contributed by atoms with Crippen LogP contribution in [0.4, 0.5) is 17.2 Å². The summed E-state index contributed by atoms with van der Waals surface area (Å²) in [4.78, 5) is 29.6. The predicted octanol–water partition coefficient (Wildman–Crippen LogP) is 4.82. The number of carbonyl (C=O) groups is 2. The fraction of sp³-hybridized carbons (Fsp3) is 0.185. The normalized spacial score (nSPS) is 10.5. The molecular formula is C27H27N5O4. The number of carbonyl (C=O) groups excluding carboxylic acids is 2. The molecule has 0 saturated carbocycles. The van der Waals surface area contributed by atoms with Crippen LogP contribution in [-0.4, -0.2) is 39.9 Å². The third-order valence-corrected chi connectivity index (χ3v) is 5.35. The highest BCUT2D eigenvalue weighted by molar-refractivity contribution is 5.98. The minimum atomic E-state index is -0.667. The molecule has 0 radical (unpaired) electrons. The molecule has 2 aromatic heterocycles. The van der Waals surface area contributed by atoms with E-state index in [0.29, 0.717) is 23.8 Å². The minimum Gasteiger partial charge on any atom is -0.494 e. The van der Waals surface area contributed by atoms with E-state index in [4.69, 9.17) is 9.47 Å². The maximum absolute atomic E-state index is 12.8. The van der Waals surface area contributed by atoms with Crippen molar-refractivity contribution in [2.45, 2.75) is 20.8 Å². The first-order valence-electron chi connectivity index (χ1n) is 11.5. The van der Waals surface area contributed by atoms with Crippen molar-refractivity contribution in [2.24, 2.45) is 0 Å². The van der Waals surface area contributed by atoms with Crippen LogP contribution in [-0.2, 0) is 9.53 Å². The highest BCUT2D eigenvalue weighted by atomic mass is 16.5. The van der Waals surface area contributed by atoms with E-state index < -0.39 is 18.5 Å². The molecule has 0 unspecified atom stereocenters. The highest BCUT2D eigenvalue weighted by Crippen LogP contribution is 2.24. The van der Waals surface area contributed by atoms with Crippen molar-refractivity contribution in [2.75, 3.05) is 23.8 Å². The van der Waals surface area contributed by atoms with Crippen LogP contribution in [0, 0.1) is 13.8 Å². The molecule has 0 saturated heterocycles. The van der Waals surface area contributed by atoms with Crippen LogP contribution in [0.25, 0.3) is 5.69 Å². The lowest BCUT2D eigenvalue weighted by Gasteiger charge is -2.12. The zero-order valence-electron chi connectivity index (χ0n) is 20.3. The maximum Gasteiger partial charge on any atom is 0.342 e. The standard InChI is InChI=1S/C27H27N5O4/c1-4-35-22-14-12-20(13-15-22)29-26-23(11-8-16-28-26)27(34)36-17-24(33)30-25-18(2)31-32(19(25)3)21-9-6-5-7-10-21/h5-16H,4,17H2,1-3H3,(H,28,29)(H,30,33). The third kappa shape index (κ3) is 5.69. The Balaban J connectivity index is 1.39. The average molecular weight is 486 g/mol. The number of aryl methyl sites for hydroxylation is 1. The summed E-state index contributed by atoms with van der Waals surface area (Å²) in [6.07, 6.45) is 1.57. The molecule has 36 heavy (non-hydrogen) atoms. The SMILES string of the molecule is CCOc1ccc(Nc2ncccc2C(=O)OCC(=O)Nc2c(C)nn(-c3ccccc3)c2C)cc1. The van der Waals surface area contributed by atoms with Gasteiger partial charge in [0.25, 0.3) is 5.91 Å². The van der Waals surface area contributed by atoms with Crippen molar-refractivity contribution in [3.63, 3.8) is 0 Å². The molecule has 2 heterocycles. The lowest BCUT2D eigenvalue weighted by Crippen LogP contribution is -2.22. The zero-order chi connectivity index (χ0) is 25.5. The molecule has 0 aliphatic rings. The second-order valence-corrected chi connectivity index (χ2v) is 7.90. The summed E-state index contributed by atoms with van der Waals surface area (Å²) in [5.41, 5.74) is 3.83. The number of hydrogen-bond donors (Lipinski definition) is 2. The number of anilines is 3. The van der Waals surface area contributed by atoms with Crippen molar-refractivity contribution >= 4 is 29.1 Å². The first-order valence-corrected chi connectivity index (χ1v) is 11.5. The first-order chi connectivity index (χ1) is 17.5. The lowest BCUT2D eigenvalue weighted by molar-refractivity contribution is -0.119. The number of pyridine rings is 1. The molecule has 0 bridgehead atoms. The van der Waals surface area contributed by atoms with E-state index in [1.165, 1.54) is 0 Å². The van der Waals surface area contributed by atoms with E-state index in [-0.39, 0.29) is 5.56 Å². The summed E-state index contributed by atoms with van der Waals surface area (Å²) in [5.74, 6) is -0.0652. The monoisotopic (exact) mass is 485 g/mol. The van der Waals surface area contributed by atoms with Crippen molar-refractivity contribution < 1.29 is 19.1 Å². The Hall–Kier alpha value is -4.66. The first kappa shape index (κ1) is 24.5. The van der Waals surface area contributed by atoms with Crippen LogP contribution in [0.3, 0.4) is 0 Å². The summed E-state index contributed by atoms with van der Waals surface area (Å²) in [6.45, 7) is 5.71. The van der Waals surface area contributed by atoms with Crippen LogP contribution in [0.1, 0.15) is 28.7 Å². The summed E-state index contributed by atoms with van der Waals surface area (Å²) in [6, 6.07) is 20.1. The third-order valence-electron chi connectivity index (χ3n) is 5.35. The molecular weight excluding hydrogens is 458 g/mol. The number of ether oxygens (including phenoxy) is 2. The number of amides is 1. The van der Waals surface area contributed by atoms with E-state index in [0.717, 1.165) is 22.8 Å². The van der Waals surface area contributed by atoms with Gasteiger partial charge in [0.05, 0.1) is 29.4 Å². The molecule has 2 aromatic carbocycles. The summed E-state index contributed by atoms with van der Waals surface area (Å²) in [5, 5.41) is 10.4. The summed E-state index contributed by atoms with van der Waals surface area (Å²) in [7, 11) is 0. The summed E-state index contributed by atoms with van der Waals surface area (Å²) >= 11 is 0. The number of nitrogens with zero attached hydrogens (tertiary/aromatic N) is 3. The van der Waals surface area contributed by atoms with E-state index in [1.54, 1.807) is 23.0 Å². The predicted molar refractivity (Wildman–Crippen MR) is 137 cm³/mol. The van der Waals surface area contributed by atoms with Gasteiger partial charge in [0.2, 0.25) is 0 Å². The van der Waals surface area contributed by atoms with Gasteiger partial charge < -0.3 is 20.1 Å². The van der Waals surface area contributed by atoms with Gasteiger partial charge in [0, 0.05) is 11.9 Å². The molecule has 0 atom stereocenters. The second kappa shape index (κ2) is 11.2. The quantitative estimate of drug-likeness (QED) is 0.327. The molecule has 184 valence electrons. The minimum absolute atomic E-state index is 0.212. The fourth-order valence-electron chi connectivity index (χ4n) is 3.64. The van der Waals surface area contributed by atoms with Gasteiger partial charge in [-0.15, -0.1) is 0 Å². The summed E-state index contributed by atoms with van der Waals surface area (Å²) < 4.78 is 12.5. The Morgan fingerprint density at radius 2 is 1.72 bits per heavy atom. The number of nitrogens with one attached hydrogen (secondary N) is 2. The highest BCUT2D eigenvalue weighted by Gasteiger charge is 2.18. The van der Waals surface area contributed by atoms with Crippen molar-refractivity contribution in [3.8, 4) is 11.4 Å². The Kier molecular flexibility index (Phi) is 7.60. The van der Waals surface area contributed by atoms with E-state index in [1.807, 2.05) is 75.4 Å². The van der Waals surface area contributed by atoms with Gasteiger partial charge in [-0.25, -0.2) is 14.5 Å². The van der Waals surface area contributed by atoms with Crippen LogP contribution in [0.15, 0.2) is 72.9 Å². The van der Waals surface area contributed by atoms with Crippen LogP contribution < -0.4 is 15.4 Å². The maximum atomic E-state index is 12.8. The molecule has 4 aromatic rings. The molecule has 4 rings (SSSR count). The number of hydrogen-bond acceptors (Lipinski definition) is 7. The number of aromatic nitrogens is 3. The van der Waals surface area contributed by atoms with Crippen molar-refractivity contribution in [3.05, 3.63) is 89.9 Å². The Morgan fingerprint density at radius 3 is 2.44 bits per heavy atom. The van der Waals surface area contributed by atoms with Crippen molar-refractivity contribution in [1.82, 2.24) is 14.8 Å².